The van der Waals surface area contributed by atoms with Gasteiger partial charge in [-0.2, -0.15) is 0 Å². The number of nitrogens with one attached hydrogen (secondary N) is 1. The van der Waals surface area contributed by atoms with Gasteiger partial charge in [0.1, 0.15) is 6.61 Å². The fourth-order valence-electron chi connectivity index (χ4n) is 2.03. The minimum Gasteiger partial charge on any atom is -0.384 e. The van der Waals surface area contributed by atoms with Gasteiger partial charge in [0.15, 0.2) is 0 Å². The van der Waals surface area contributed by atoms with Gasteiger partial charge in [-0.15, -0.1) is 0 Å². The van der Waals surface area contributed by atoms with Crippen LogP contribution in [0.25, 0.3) is 0 Å². The lowest BCUT2D eigenvalue weighted by Crippen LogP contribution is -2.29. The Balaban J connectivity index is 2.36. The third kappa shape index (κ3) is 3.21. The molecule has 1 atom stereocenters. The maximum absolute atomic E-state index is 12.4. The summed E-state index contributed by atoms with van der Waals surface area (Å²) < 4.78 is 27.6. The molecule has 4 nitrogen and oxygen atoms in total. The second kappa shape index (κ2) is 5.21. The number of aryl methyl sites for hydroxylation is 1. The van der Waals surface area contributed by atoms with E-state index in [4.69, 9.17) is 5.11 Å². The summed E-state index contributed by atoms with van der Waals surface area (Å²) in [5, 5.41) is 8.78. The molecular weight excluding hydrogens is 274 g/mol. The van der Waals surface area contributed by atoms with Gasteiger partial charge in [0, 0.05) is 11.6 Å². The molecule has 108 valence electrons. The molecule has 0 aliphatic heterocycles. The molecular formula is C15H19NO3S. The number of hydrogen-bond donors (Lipinski definition) is 2. The summed E-state index contributed by atoms with van der Waals surface area (Å²) in [6.07, 6.45) is 0.843. The third-order valence-corrected chi connectivity index (χ3v) is 5.07. The summed E-state index contributed by atoms with van der Waals surface area (Å²) in [6, 6.07) is 5.01. The van der Waals surface area contributed by atoms with Gasteiger partial charge in [0.25, 0.3) is 0 Å². The monoisotopic (exact) mass is 293 g/mol. The number of benzene rings is 1. The smallest absolute Gasteiger partial charge is 0.242 e. The van der Waals surface area contributed by atoms with Crippen LogP contribution in [0, 0.1) is 24.2 Å². The SMILES string of the molecule is Cc1ccc(S(=O)(=O)NC2CC2(C)C)c(C#CCO)c1. The molecule has 0 bridgehead atoms. The Morgan fingerprint density at radius 2 is 2.10 bits per heavy atom. The summed E-state index contributed by atoms with van der Waals surface area (Å²) >= 11 is 0. The predicted octanol–water partition coefficient (Wildman–Crippen LogP) is 1.42. The van der Waals surface area contributed by atoms with Crippen LogP contribution in [0.4, 0.5) is 0 Å². The molecule has 2 rings (SSSR count). The zero-order valence-corrected chi connectivity index (χ0v) is 12.7. The van der Waals surface area contributed by atoms with Gasteiger partial charge in [-0.25, -0.2) is 13.1 Å². The molecule has 1 aromatic rings. The van der Waals surface area contributed by atoms with Crippen molar-refractivity contribution in [2.24, 2.45) is 5.41 Å². The lowest BCUT2D eigenvalue weighted by atomic mass is 10.1. The Morgan fingerprint density at radius 3 is 2.65 bits per heavy atom. The Hall–Kier alpha value is -1.35. The number of hydrogen-bond acceptors (Lipinski definition) is 3. The normalized spacial score (nSPS) is 20.1. The quantitative estimate of drug-likeness (QED) is 0.828. The first-order valence-corrected chi connectivity index (χ1v) is 7.97. The molecule has 0 saturated heterocycles. The second-order valence-corrected chi connectivity index (χ2v) is 7.51. The molecule has 1 aliphatic carbocycles. The number of sulfonamides is 1. The summed E-state index contributed by atoms with van der Waals surface area (Å²) in [5.74, 6) is 5.21. The van der Waals surface area contributed by atoms with E-state index < -0.39 is 10.0 Å². The lowest BCUT2D eigenvalue weighted by molar-refractivity contribution is 0.350. The van der Waals surface area contributed by atoms with Gasteiger partial charge < -0.3 is 5.11 Å². The Labute approximate surface area is 120 Å². The number of aliphatic hydroxyl groups excluding tert-OH is 1. The van der Waals surface area contributed by atoms with Crippen molar-refractivity contribution in [3.05, 3.63) is 29.3 Å². The third-order valence-electron chi connectivity index (χ3n) is 3.54. The van der Waals surface area contributed by atoms with Crippen LogP contribution < -0.4 is 4.72 Å². The van der Waals surface area contributed by atoms with Crippen molar-refractivity contribution in [1.82, 2.24) is 4.72 Å². The van der Waals surface area contributed by atoms with Crippen molar-refractivity contribution in [1.29, 1.82) is 0 Å². The molecule has 0 spiro atoms. The van der Waals surface area contributed by atoms with Crippen molar-refractivity contribution in [2.75, 3.05) is 6.61 Å². The van der Waals surface area contributed by atoms with Crippen molar-refractivity contribution < 1.29 is 13.5 Å². The Bertz CT molecular complexity index is 681. The standard InChI is InChI=1S/C15H19NO3S/c1-11-6-7-13(12(9-11)5-4-8-17)20(18,19)16-14-10-15(14,2)3/h6-7,9,14,16-17H,8,10H2,1-3H3. The van der Waals surface area contributed by atoms with E-state index >= 15 is 0 Å². The van der Waals surface area contributed by atoms with Crippen LogP contribution in [0.5, 0.6) is 0 Å². The van der Waals surface area contributed by atoms with Gasteiger partial charge in [-0.1, -0.05) is 31.8 Å². The van der Waals surface area contributed by atoms with Crippen LogP contribution in [0.3, 0.4) is 0 Å². The molecule has 20 heavy (non-hydrogen) atoms. The molecule has 0 aromatic heterocycles. The summed E-state index contributed by atoms with van der Waals surface area (Å²) in [4.78, 5) is 0.173. The highest BCUT2D eigenvalue weighted by Gasteiger charge is 2.48. The molecule has 2 N–H and O–H groups in total. The molecule has 1 unspecified atom stereocenters. The topological polar surface area (TPSA) is 66.4 Å². The van der Waals surface area contributed by atoms with Crippen LogP contribution in [0.2, 0.25) is 0 Å². The van der Waals surface area contributed by atoms with Gasteiger partial charge in [0.2, 0.25) is 10.0 Å². The van der Waals surface area contributed by atoms with Crippen molar-refractivity contribution in [3.63, 3.8) is 0 Å². The molecule has 1 aromatic carbocycles. The summed E-state index contributed by atoms with van der Waals surface area (Å²) in [7, 11) is -3.58. The van der Waals surface area contributed by atoms with Gasteiger partial charge >= 0.3 is 0 Å². The van der Waals surface area contributed by atoms with Crippen molar-refractivity contribution >= 4 is 10.0 Å². The Kier molecular flexibility index (Phi) is 3.92. The first-order chi connectivity index (χ1) is 9.26. The van der Waals surface area contributed by atoms with E-state index in [9.17, 15) is 8.42 Å². The highest BCUT2D eigenvalue weighted by atomic mass is 32.2. The van der Waals surface area contributed by atoms with Gasteiger partial charge in [-0.3, -0.25) is 0 Å². The number of rotatable bonds is 3. The van der Waals surface area contributed by atoms with Crippen molar-refractivity contribution in [3.8, 4) is 11.8 Å². The van der Waals surface area contributed by atoms with Gasteiger partial charge in [-0.05, 0) is 36.5 Å². The second-order valence-electron chi connectivity index (χ2n) is 5.83. The molecule has 1 saturated carbocycles. The lowest BCUT2D eigenvalue weighted by Gasteiger charge is -2.10. The largest absolute Gasteiger partial charge is 0.384 e. The molecule has 1 fully saturated rings. The van der Waals surface area contributed by atoms with Crippen LogP contribution >= 0.6 is 0 Å². The average Bonchev–Trinajstić information content (AvgIpc) is 2.92. The minimum absolute atomic E-state index is 0.0209. The predicted molar refractivity (Wildman–Crippen MR) is 77.7 cm³/mol. The van der Waals surface area contributed by atoms with E-state index in [-0.39, 0.29) is 23.0 Å². The molecule has 5 heteroatoms. The summed E-state index contributed by atoms with van der Waals surface area (Å²) in [5.41, 5.74) is 1.37. The summed E-state index contributed by atoms with van der Waals surface area (Å²) in [6.45, 7) is 5.64. The average molecular weight is 293 g/mol. The zero-order chi connectivity index (χ0) is 15.0. The van der Waals surface area contributed by atoms with Crippen LogP contribution in [0.15, 0.2) is 23.1 Å². The highest BCUT2D eigenvalue weighted by molar-refractivity contribution is 7.89. The zero-order valence-electron chi connectivity index (χ0n) is 11.9. The molecule has 0 heterocycles. The molecule has 0 radical (unpaired) electrons. The Morgan fingerprint density at radius 1 is 1.45 bits per heavy atom. The fraction of sp³-hybridized carbons (Fsp3) is 0.467. The van der Waals surface area contributed by atoms with E-state index in [1.54, 1.807) is 18.2 Å². The van der Waals surface area contributed by atoms with Crippen molar-refractivity contribution in [2.45, 2.75) is 38.1 Å². The van der Waals surface area contributed by atoms with Crippen LogP contribution in [0.1, 0.15) is 31.4 Å². The van der Waals surface area contributed by atoms with E-state index in [2.05, 4.69) is 16.6 Å². The van der Waals surface area contributed by atoms with E-state index in [1.165, 1.54) is 0 Å². The minimum atomic E-state index is -3.58. The first kappa shape index (κ1) is 15.0. The van der Waals surface area contributed by atoms with E-state index in [0.29, 0.717) is 5.56 Å². The highest BCUT2D eigenvalue weighted by Crippen LogP contribution is 2.45. The maximum Gasteiger partial charge on any atom is 0.242 e. The first-order valence-electron chi connectivity index (χ1n) is 6.49. The van der Waals surface area contributed by atoms with Crippen LogP contribution in [-0.2, 0) is 10.0 Å². The molecule has 0 amide bonds. The van der Waals surface area contributed by atoms with Crippen LogP contribution in [-0.4, -0.2) is 26.2 Å². The van der Waals surface area contributed by atoms with E-state index in [1.807, 2.05) is 20.8 Å². The maximum atomic E-state index is 12.4. The van der Waals surface area contributed by atoms with Gasteiger partial charge in [0.05, 0.1) is 4.90 Å². The fourth-order valence-corrected chi connectivity index (χ4v) is 3.58. The molecule has 1 aliphatic rings. The number of aliphatic hydroxyl groups is 1. The van der Waals surface area contributed by atoms with E-state index in [0.717, 1.165) is 12.0 Å².